The van der Waals surface area contributed by atoms with Crippen LogP contribution < -0.4 is 0 Å². The number of nitro benzene ring substituents is 1. The van der Waals surface area contributed by atoms with Crippen LogP contribution in [0.25, 0.3) is 6.08 Å². The number of carbonyl (C=O) groups is 1. The first-order valence-corrected chi connectivity index (χ1v) is 4.37. The molecule has 84 valence electrons. The lowest BCUT2D eigenvalue weighted by Crippen LogP contribution is -1.91. The van der Waals surface area contributed by atoms with Crippen molar-refractivity contribution in [2.75, 3.05) is 0 Å². The molecule has 0 heterocycles. The lowest BCUT2D eigenvalue weighted by Gasteiger charge is -2.01. The number of rotatable bonds is 3. The number of carboxylic acid groups (broad SMARTS) is 1. The van der Waals surface area contributed by atoms with Gasteiger partial charge in [0, 0.05) is 22.7 Å². The van der Waals surface area contributed by atoms with Gasteiger partial charge in [0.2, 0.25) is 5.75 Å². The molecule has 0 aliphatic rings. The number of hydrogen-bond acceptors (Lipinski definition) is 4. The number of aliphatic carboxylic acids is 1. The van der Waals surface area contributed by atoms with E-state index in [1.165, 1.54) is 6.07 Å². The number of phenolic OH excluding ortho intramolecular Hbond substituents is 1. The summed E-state index contributed by atoms with van der Waals surface area (Å²) in [5, 5.41) is 28.4. The number of nitro groups is 1. The highest BCUT2D eigenvalue weighted by Gasteiger charge is 2.17. The van der Waals surface area contributed by atoms with E-state index in [1.54, 1.807) is 0 Å². The van der Waals surface area contributed by atoms with E-state index in [2.05, 4.69) is 0 Å². The summed E-state index contributed by atoms with van der Waals surface area (Å²) in [7, 11) is 0. The summed E-state index contributed by atoms with van der Waals surface area (Å²) >= 11 is 5.58. The second kappa shape index (κ2) is 4.63. The molecule has 0 saturated carbocycles. The summed E-state index contributed by atoms with van der Waals surface area (Å²) in [5.41, 5.74) is -0.598. The fourth-order valence-electron chi connectivity index (χ4n) is 1.03. The number of carboxylic acids is 1. The van der Waals surface area contributed by atoms with Gasteiger partial charge in [-0.25, -0.2) is 4.79 Å². The van der Waals surface area contributed by atoms with Crippen LogP contribution in [0.4, 0.5) is 5.69 Å². The van der Waals surface area contributed by atoms with Crippen molar-refractivity contribution in [3.05, 3.63) is 38.9 Å². The van der Waals surface area contributed by atoms with Crippen molar-refractivity contribution in [2.45, 2.75) is 0 Å². The zero-order valence-electron chi connectivity index (χ0n) is 7.75. The van der Waals surface area contributed by atoms with Gasteiger partial charge in [-0.3, -0.25) is 10.1 Å². The third-order valence-electron chi connectivity index (χ3n) is 1.69. The van der Waals surface area contributed by atoms with Gasteiger partial charge in [-0.2, -0.15) is 0 Å². The van der Waals surface area contributed by atoms with Crippen molar-refractivity contribution >= 4 is 29.3 Å². The third kappa shape index (κ3) is 2.71. The first-order valence-electron chi connectivity index (χ1n) is 3.99. The molecular weight excluding hydrogens is 238 g/mol. The van der Waals surface area contributed by atoms with Crippen molar-refractivity contribution in [1.29, 1.82) is 0 Å². The van der Waals surface area contributed by atoms with Gasteiger partial charge in [0.15, 0.2) is 0 Å². The molecule has 0 saturated heterocycles. The zero-order chi connectivity index (χ0) is 12.3. The number of halogens is 1. The summed E-state index contributed by atoms with van der Waals surface area (Å²) in [6.45, 7) is 0. The summed E-state index contributed by atoms with van der Waals surface area (Å²) in [5.74, 6) is -1.85. The predicted molar refractivity (Wildman–Crippen MR) is 56.4 cm³/mol. The average Bonchev–Trinajstić information content (AvgIpc) is 2.18. The maximum absolute atomic E-state index is 10.5. The maximum atomic E-state index is 10.5. The minimum Gasteiger partial charge on any atom is -0.502 e. The van der Waals surface area contributed by atoms with E-state index in [1.807, 2.05) is 0 Å². The van der Waals surface area contributed by atoms with E-state index in [4.69, 9.17) is 16.7 Å². The van der Waals surface area contributed by atoms with Crippen molar-refractivity contribution in [2.24, 2.45) is 0 Å². The highest BCUT2D eigenvalue weighted by Crippen LogP contribution is 2.33. The Morgan fingerprint density at radius 3 is 2.62 bits per heavy atom. The number of nitrogens with zero attached hydrogens (tertiary/aromatic N) is 1. The van der Waals surface area contributed by atoms with Crippen LogP contribution >= 0.6 is 11.6 Å². The van der Waals surface area contributed by atoms with Gasteiger partial charge in [0.1, 0.15) is 0 Å². The molecule has 0 spiro atoms. The van der Waals surface area contributed by atoms with Gasteiger partial charge in [-0.05, 0) is 12.1 Å². The highest BCUT2D eigenvalue weighted by atomic mass is 35.5. The van der Waals surface area contributed by atoms with Crippen LogP contribution in [0, 0.1) is 10.1 Å². The quantitative estimate of drug-likeness (QED) is 0.481. The molecule has 1 rings (SSSR count). The van der Waals surface area contributed by atoms with E-state index in [-0.39, 0.29) is 10.6 Å². The average molecular weight is 244 g/mol. The molecular formula is C9H6ClNO5. The Bertz CT molecular complexity index is 483. The van der Waals surface area contributed by atoms with E-state index in [9.17, 15) is 20.0 Å². The molecule has 0 aromatic heterocycles. The zero-order valence-corrected chi connectivity index (χ0v) is 8.51. The number of hydrogen-bond donors (Lipinski definition) is 2. The van der Waals surface area contributed by atoms with Gasteiger partial charge in [-0.1, -0.05) is 11.6 Å². The number of benzene rings is 1. The lowest BCUT2D eigenvalue weighted by molar-refractivity contribution is -0.385. The topological polar surface area (TPSA) is 101 Å². The smallest absolute Gasteiger partial charge is 0.328 e. The van der Waals surface area contributed by atoms with Crippen LogP contribution in [-0.2, 0) is 4.79 Å². The fraction of sp³-hybridized carbons (Fsp3) is 0. The number of phenols is 1. The van der Waals surface area contributed by atoms with E-state index < -0.39 is 22.3 Å². The van der Waals surface area contributed by atoms with Crippen LogP contribution in [-0.4, -0.2) is 21.1 Å². The molecule has 0 aliphatic carbocycles. The van der Waals surface area contributed by atoms with Gasteiger partial charge >= 0.3 is 11.7 Å². The molecule has 7 heteroatoms. The molecule has 0 radical (unpaired) electrons. The summed E-state index contributed by atoms with van der Waals surface area (Å²) < 4.78 is 0. The second-order valence-corrected chi connectivity index (χ2v) is 3.23. The third-order valence-corrected chi connectivity index (χ3v) is 1.90. The molecule has 0 unspecified atom stereocenters. The molecule has 0 aliphatic heterocycles. The minimum atomic E-state index is -1.23. The van der Waals surface area contributed by atoms with E-state index in [0.29, 0.717) is 0 Å². The second-order valence-electron chi connectivity index (χ2n) is 2.79. The van der Waals surface area contributed by atoms with Crippen LogP contribution in [0.1, 0.15) is 5.56 Å². The Morgan fingerprint density at radius 2 is 2.12 bits per heavy atom. The normalized spacial score (nSPS) is 10.6. The van der Waals surface area contributed by atoms with Gasteiger partial charge in [0.05, 0.1) is 4.92 Å². The minimum absolute atomic E-state index is 0.0263. The molecule has 6 nitrogen and oxygen atoms in total. The molecule has 16 heavy (non-hydrogen) atoms. The van der Waals surface area contributed by atoms with Gasteiger partial charge in [-0.15, -0.1) is 0 Å². The molecule has 0 atom stereocenters. The molecule has 0 fully saturated rings. The first kappa shape index (κ1) is 12.0. The van der Waals surface area contributed by atoms with E-state index >= 15 is 0 Å². The first-order chi connectivity index (χ1) is 7.41. The molecule has 1 aromatic rings. The molecule has 0 bridgehead atoms. The Hall–Kier alpha value is -2.08. The van der Waals surface area contributed by atoms with Crippen molar-refractivity contribution in [3.8, 4) is 5.75 Å². The van der Waals surface area contributed by atoms with Crippen LogP contribution in [0.3, 0.4) is 0 Å². The van der Waals surface area contributed by atoms with Crippen LogP contribution in [0.15, 0.2) is 18.2 Å². The Kier molecular flexibility index (Phi) is 3.47. The predicted octanol–water partition coefficient (Wildman–Crippen LogP) is 2.05. The van der Waals surface area contributed by atoms with Crippen molar-refractivity contribution in [1.82, 2.24) is 0 Å². The van der Waals surface area contributed by atoms with E-state index in [0.717, 1.165) is 18.2 Å². The Balaban J connectivity index is 3.29. The van der Waals surface area contributed by atoms with Crippen LogP contribution in [0.5, 0.6) is 5.75 Å². The summed E-state index contributed by atoms with van der Waals surface area (Å²) in [6, 6.07) is 2.21. The fourth-order valence-corrected chi connectivity index (χ4v) is 1.25. The largest absolute Gasteiger partial charge is 0.502 e. The van der Waals surface area contributed by atoms with Crippen molar-refractivity contribution < 1.29 is 19.9 Å². The highest BCUT2D eigenvalue weighted by molar-refractivity contribution is 6.31. The molecule has 0 amide bonds. The Labute approximate surface area is 94.5 Å². The van der Waals surface area contributed by atoms with Crippen molar-refractivity contribution in [3.63, 3.8) is 0 Å². The van der Waals surface area contributed by atoms with Crippen LogP contribution in [0.2, 0.25) is 5.02 Å². The Morgan fingerprint density at radius 1 is 1.50 bits per heavy atom. The van der Waals surface area contributed by atoms with Gasteiger partial charge in [0.25, 0.3) is 0 Å². The molecule has 1 aromatic carbocycles. The molecule has 2 N–H and O–H groups in total. The summed E-state index contributed by atoms with van der Waals surface area (Å²) in [6.07, 6.45) is 1.77. The lowest BCUT2D eigenvalue weighted by atomic mass is 10.1. The summed E-state index contributed by atoms with van der Waals surface area (Å²) in [4.78, 5) is 20.0. The van der Waals surface area contributed by atoms with Gasteiger partial charge < -0.3 is 10.2 Å². The standard InChI is InChI=1S/C9H6ClNO5/c10-6-3-5(1-2-8(12)13)9(14)7(4-6)11(15)16/h1-4,14H,(H,12,13). The SMILES string of the molecule is O=C(O)C=Cc1cc(Cl)cc([N+](=O)[O-])c1O. The number of aromatic hydroxyl groups is 1. The monoisotopic (exact) mass is 243 g/mol. The maximum Gasteiger partial charge on any atom is 0.328 e.